The fraction of sp³-hybridized carbons (Fsp3) is 0.385. The highest BCUT2D eigenvalue weighted by Gasteiger charge is 2.37. The van der Waals surface area contributed by atoms with Crippen molar-refractivity contribution in [1.82, 2.24) is 15.1 Å². The Morgan fingerprint density at radius 3 is 2.76 bits per heavy atom. The molecule has 1 saturated heterocycles. The lowest BCUT2D eigenvalue weighted by Gasteiger charge is -2.13. The van der Waals surface area contributed by atoms with Crippen LogP contribution in [0.4, 0.5) is 0 Å². The van der Waals surface area contributed by atoms with Crippen molar-refractivity contribution in [2.24, 2.45) is 7.05 Å². The van der Waals surface area contributed by atoms with Crippen LogP contribution in [0.1, 0.15) is 10.5 Å². The molecule has 0 aliphatic carbocycles. The Kier molecular flexibility index (Phi) is 3.41. The minimum Gasteiger partial charge on any atom is -0.345 e. The van der Waals surface area contributed by atoms with E-state index in [-0.39, 0.29) is 17.2 Å². The van der Waals surface area contributed by atoms with Crippen LogP contribution in [-0.4, -0.2) is 47.0 Å². The standard InChI is InChI=1S/C13H14ClN3O3S/c1-17-11-5-3-2-4-8(11)12(16-17)13(18)15-10-7-21(19,20)6-9(10)14/h2-5,9-10H,6-7H2,1H3,(H,15,18). The van der Waals surface area contributed by atoms with E-state index < -0.39 is 27.2 Å². The average Bonchev–Trinajstić information content (AvgIpc) is 2.87. The molecule has 1 aromatic heterocycles. The molecule has 112 valence electrons. The van der Waals surface area contributed by atoms with Crippen molar-refractivity contribution in [3.63, 3.8) is 0 Å². The van der Waals surface area contributed by atoms with Crippen molar-refractivity contribution >= 4 is 38.2 Å². The van der Waals surface area contributed by atoms with Crippen LogP contribution >= 0.6 is 11.6 Å². The van der Waals surface area contributed by atoms with Gasteiger partial charge >= 0.3 is 0 Å². The molecular formula is C13H14ClN3O3S. The normalized spacial score (nSPS) is 24.3. The van der Waals surface area contributed by atoms with Gasteiger partial charge in [-0.25, -0.2) is 8.42 Å². The maximum absolute atomic E-state index is 12.3. The monoisotopic (exact) mass is 327 g/mol. The van der Waals surface area contributed by atoms with Crippen molar-refractivity contribution in [1.29, 1.82) is 0 Å². The van der Waals surface area contributed by atoms with E-state index in [0.717, 1.165) is 10.9 Å². The number of sulfone groups is 1. The maximum atomic E-state index is 12.3. The van der Waals surface area contributed by atoms with Crippen LogP contribution in [0, 0.1) is 0 Å². The van der Waals surface area contributed by atoms with Crippen molar-refractivity contribution in [2.75, 3.05) is 11.5 Å². The Morgan fingerprint density at radius 2 is 2.10 bits per heavy atom. The summed E-state index contributed by atoms with van der Waals surface area (Å²) in [6.07, 6.45) is 0. The number of carbonyl (C=O) groups is 1. The summed E-state index contributed by atoms with van der Waals surface area (Å²) in [5.41, 5.74) is 1.12. The van der Waals surface area contributed by atoms with Crippen molar-refractivity contribution in [2.45, 2.75) is 11.4 Å². The van der Waals surface area contributed by atoms with Crippen LogP contribution in [-0.2, 0) is 16.9 Å². The molecule has 2 atom stereocenters. The van der Waals surface area contributed by atoms with Gasteiger partial charge in [0.25, 0.3) is 5.91 Å². The molecular weight excluding hydrogens is 314 g/mol. The fourth-order valence-corrected chi connectivity index (χ4v) is 5.11. The highest BCUT2D eigenvalue weighted by molar-refractivity contribution is 7.91. The molecule has 0 saturated carbocycles. The number of rotatable bonds is 2. The Labute approximate surface area is 127 Å². The average molecular weight is 328 g/mol. The number of hydrogen-bond donors (Lipinski definition) is 1. The van der Waals surface area contributed by atoms with Gasteiger partial charge in [-0.3, -0.25) is 9.48 Å². The molecule has 0 spiro atoms. The van der Waals surface area contributed by atoms with Gasteiger partial charge in [0.15, 0.2) is 15.5 Å². The lowest BCUT2D eigenvalue weighted by atomic mass is 10.2. The van der Waals surface area contributed by atoms with E-state index in [2.05, 4.69) is 10.4 Å². The number of nitrogens with one attached hydrogen (secondary N) is 1. The van der Waals surface area contributed by atoms with Crippen molar-refractivity contribution in [3.05, 3.63) is 30.0 Å². The predicted octanol–water partition coefficient (Wildman–Crippen LogP) is 0.708. The van der Waals surface area contributed by atoms with Gasteiger partial charge in [0, 0.05) is 12.4 Å². The third kappa shape index (κ3) is 2.63. The second-order valence-electron chi connectivity index (χ2n) is 5.16. The molecule has 6 nitrogen and oxygen atoms in total. The molecule has 1 aliphatic heterocycles. The van der Waals surface area contributed by atoms with Gasteiger partial charge in [-0.2, -0.15) is 5.10 Å². The van der Waals surface area contributed by atoms with Gasteiger partial charge in [0.05, 0.1) is 28.4 Å². The van der Waals surface area contributed by atoms with Gasteiger partial charge in [0.1, 0.15) is 0 Å². The van der Waals surface area contributed by atoms with E-state index >= 15 is 0 Å². The van der Waals surface area contributed by atoms with E-state index in [4.69, 9.17) is 11.6 Å². The number of amides is 1. The molecule has 1 aromatic carbocycles. The highest BCUT2D eigenvalue weighted by atomic mass is 35.5. The summed E-state index contributed by atoms with van der Waals surface area (Å²) in [5, 5.41) is 7.01. The Morgan fingerprint density at radius 1 is 1.38 bits per heavy atom. The molecule has 1 N–H and O–H groups in total. The number of aryl methyl sites for hydroxylation is 1. The quantitative estimate of drug-likeness (QED) is 0.824. The third-order valence-corrected chi connectivity index (χ3v) is 5.95. The predicted molar refractivity (Wildman–Crippen MR) is 80.3 cm³/mol. The fourth-order valence-electron chi connectivity index (χ4n) is 2.56. The van der Waals surface area contributed by atoms with Crippen LogP contribution in [0.2, 0.25) is 0 Å². The molecule has 2 aromatic rings. The van der Waals surface area contributed by atoms with Gasteiger partial charge in [-0.1, -0.05) is 18.2 Å². The van der Waals surface area contributed by atoms with E-state index in [0.29, 0.717) is 0 Å². The lowest BCUT2D eigenvalue weighted by Crippen LogP contribution is -2.40. The SMILES string of the molecule is Cn1nc(C(=O)NC2CS(=O)(=O)CC2Cl)c2ccccc21. The minimum absolute atomic E-state index is 0.109. The molecule has 1 amide bonds. The van der Waals surface area contributed by atoms with E-state index in [1.54, 1.807) is 17.8 Å². The number of alkyl halides is 1. The molecule has 2 unspecified atom stereocenters. The smallest absolute Gasteiger partial charge is 0.272 e. The zero-order chi connectivity index (χ0) is 15.2. The van der Waals surface area contributed by atoms with Gasteiger partial charge in [-0.15, -0.1) is 11.6 Å². The summed E-state index contributed by atoms with van der Waals surface area (Å²) < 4.78 is 24.7. The third-order valence-electron chi connectivity index (χ3n) is 3.57. The molecule has 1 fully saturated rings. The first-order valence-electron chi connectivity index (χ1n) is 6.44. The molecule has 2 heterocycles. The molecule has 21 heavy (non-hydrogen) atoms. The van der Waals surface area contributed by atoms with E-state index in [1.165, 1.54) is 0 Å². The number of fused-ring (bicyclic) bond motifs is 1. The Balaban J connectivity index is 1.88. The number of nitrogens with zero attached hydrogens (tertiary/aromatic N) is 2. The van der Waals surface area contributed by atoms with Crippen LogP contribution in [0.5, 0.6) is 0 Å². The Hall–Kier alpha value is -1.60. The van der Waals surface area contributed by atoms with E-state index in [9.17, 15) is 13.2 Å². The second kappa shape index (κ2) is 4.99. The summed E-state index contributed by atoms with van der Waals surface area (Å²) in [6.45, 7) is 0. The van der Waals surface area contributed by atoms with Crippen molar-refractivity contribution in [3.8, 4) is 0 Å². The van der Waals surface area contributed by atoms with Crippen LogP contribution in [0.15, 0.2) is 24.3 Å². The van der Waals surface area contributed by atoms with E-state index in [1.807, 2.05) is 18.2 Å². The highest BCUT2D eigenvalue weighted by Crippen LogP contribution is 2.20. The summed E-state index contributed by atoms with van der Waals surface area (Å²) in [7, 11) is -1.43. The van der Waals surface area contributed by atoms with Gasteiger partial charge < -0.3 is 5.32 Å². The summed E-state index contributed by atoms with van der Waals surface area (Å²) in [5.74, 6) is -0.639. The maximum Gasteiger partial charge on any atom is 0.272 e. The number of halogens is 1. The molecule has 3 rings (SSSR count). The number of hydrogen-bond acceptors (Lipinski definition) is 4. The van der Waals surface area contributed by atoms with Gasteiger partial charge in [-0.05, 0) is 6.07 Å². The minimum atomic E-state index is -3.18. The van der Waals surface area contributed by atoms with Crippen molar-refractivity contribution < 1.29 is 13.2 Å². The molecule has 8 heteroatoms. The summed E-state index contributed by atoms with van der Waals surface area (Å²) in [6, 6.07) is 6.78. The summed E-state index contributed by atoms with van der Waals surface area (Å²) >= 11 is 6.00. The van der Waals surface area contributed by atoms with Crippen LogP contribution < -0.4 is 5.32 Å². The van der Waals surface area contributed by atoms with Crippen LogP contribution in [0.25, 0.3) is 10.9 Å². The van der Waals surface area contributed by atoms with Gasteiger partial charge in [0.2, 0.25) is 0 Å². The number of aromatic nitrogens is 2. The number of carbonyl (C=O) groups excluding carboxylic acids is 1. The first-order valence-corrected chi connectivity index (χ1v) is 8.70. The zero-order valence-electron chi connectivity index (χ0n) is 11.3. The molecule has 0 radical (unpaired) electrons. The molecule has 0 bridgehead atoms. The largest absolute Gasteiger partial charge is 0.345 e. The number of benzene rings is 1. The zero-order valence-corrected chi connectivity index (χ0v) is 12.9. The van der Waals surface area contributed by atoms with Crippen LogP contribution in [0.3, 0.4) is 0 Å². The molecule has 1 aliphatic rings. The Bertz CT molecular complexity index is 815. The lowest BCUT2D eigenvalue weighted by molar-refractivity contribution is 0.0937. The summed E-state index contributed by atoms with van der Waals surface area (Å²) in [4.78, 5) is 12.3. The first kappa shape index (κ1) is 14.3. The number of para-hydroxylation sites is 1. The topological polar surface area (TPSA) is 81.1 Å². The first-order chi connectivity index (χ1) is 9.87. The second-order valence-corrected chi connectivity index (χ2v) is 7.88.